The summed E-state index contributed by atoms with van der Waals surface area (Å²) < 4.78 is 0. The van der Waals surface area contributed by atoms with E-state index in [4.69, 9.17) is 0 Å². The van der Waals surface area contributed by atoms with Gasteiger partial charge in [-0.3, -0.25) is 9.59 Å². The third-order valence-corrected chi connectivity index (χ3v) is 5.48. The Morgan fingerprint density at radius 3 is 2.23 bits per heavy atom. The van der Waals surface area contributed by atoms with Crippen molar-refractivity contribution in [1.82, 2.24) is 9.80 Å². The zero-order valence-corrected chi connectivity index (χ0v) is 14.5. The molecule has 4 heteroatoms. The van der Waals surface area contributed by atoms with E-state index in [-0.39, 0.29) is 17.2 Å². The van der Waals surface area contributed by atoms with Gasteiger partial charge in [-0.15, -0.1) is 0 Å². The van der Waals surface area contributed by atoms with Crippen LogP contribution in [0.25, 0.3) is 0 Å². The van der Waals surface area contributed by atoms with Gasteiger partial charge in [-0.05, 0) is 29.7 Å². The summed E-state index contributed by atoms with van der Waals surface area (Å²) in [5, 5.41) is 0. The molecule has 0 N–H and O–H groups in total. The number of carbonyl (C=O) groups is 2. The van der Waals surface area contributed by atoms with Gasteiger partial charge in [-0.2, -0.15) is 0 Å². The monoisotopic (exact) mass is 306 g/mol. The number of hydrogen-bond donors (Lipinski definition) is 0. The molecule has 0 unspecified atom stereocenters. The molecule has 1 saturated heterocycles. The Hall–Kier alpha value is -1.32. The molecule has 0 bridgehead atoms. The largest absolute Gasteiger partial charge is 0.339 e. The van der Waals surface area contributed by atoms with Crippen molar-refractivity contribution in [2.24, 2.45) is 17.3 Å². The van der Waals surface area contributed by atoms with Crippen LogP contribution < -0.4 is 0 Å². The molecule has 22 heavy (non-hydrogen) atoms. The molecule has 2 rings (SSSR count). The van der Waals surface area contributed by atoms with Crippen LogP contribution >= 0.6 is 0 Å². The summed E-state index contributed by atoms with van der Waals surface area (Å²) in [7, 11) is 0. The lowest BCUT2D eigenvalue weighted by Crippen LogP contribution is -2.49. The topological polar surface area (TPSA) is 40.6 Å². The second kappa shape index (κ2) is 6.84. The van der Waals surface area contributed by atoms with Crippen LogP contribution in [0.3, 0.4) is 0 Å². The Morgan fingerprint density at radius 1 is 1.09 bits per heavy atom. The van der Waals surface area contributed by atoms with Crippen LogP contribution in [-0.2, 0) is 9.59 Å². The minimum absolute atomic E-state index is 0.0942. The number of hydrogen-bond acceptors (Lipinski definition) is 2. The Labute approximate surface area is 134 Å². The zero-order chi connectivity index (χ0) is 16.3. The first-order valence-electron chi connectivity index (χ1n) is 8.54. The fourth-order valence-electron chi connectivity index (χ4n) is 3.98. The first-order valence-corrected chi connectivity index (χ1v) is 8.54. The predicted octanol–water partition coefficient (Wildman–Crippen LogP) is 2.70. The molecule has 0 aromatic heterocycles. The van der Waals surface area contributed by atoms with Gasteiger partial charge in [0.2, 0.25) is 11.8 Å². The van der Waals surface area contributed by atoms with Crippen molar-refractivity contribution in [3.8, 4) is 0 Å². The average Bonchev–Trinajstić information content (AvgIpc) is 2.46. The predicted molar refractivity (Wildman–Crippen MR) is 88.3 cm³/mol. The van der Waals surface area contributed by atoms with Gasteiger partial charge in [0.05, 0.1) is 0 Å². The molecule has 0 aromatic carbocycles. The highest BCUT2D eigenvalue weighted by molar-refractivity contribution is 5.88. The molecule has 0 aromatic rings. The van der Waals surface area contributed by atoms with Gasteiger partial charge < -0.3 is 9.80 Å². The third kappa shape index (κ3) is 3.90. The molecule has 1 saturated carbocycles. The van der Waals surface area contributed by atoms with E-state index in [0.29, 0.717) is 38.0 Å². The summed E-state index contributed by atoms with van der Waals surface area (Å²) in [5.41, 5.74) is 0.280. The van der Waals surface area contributed by atoms with E-state index in [2.05, 4.69) is 26.8 Å². The smallest absolute Gasteiger partial charge is 0.246 e. The van der Waals surface area contributed by atoms with Gasteiger partial charge >= 0.3 is 0 Å². The van der Waals surface area contributed by atoms with Crippen molar-refractivity contribution >= 4 is 11.8 Å². The Kier molecular flexibility index (Phi) is 5.30. The van der Waals surface area contributed by atoms with Crippen LogP contribution in [0.2, 0.25) is 0 Å². The van der Waals surface area contributed by atoms with Crippen LogP contribution in [-0.4, -0.2) is 47.8 Å². The van der Waals surface area contributed by atoms with Crippen molar-refractivity contribution in [1.29, 1.82) is 0 Å². The van der Waals surface area contributed by atoms with Crippen LogP contribution in [0.15, 0.2) is 12.2 Å². The lowest BCUT2D eigenvalue weighted by molar-refractivity contribution is -0.135. The first kappa shape index (κ1) is 17.0. The van der Waals surface area contributed by atoms with Gasteiger partial charge in [-0.25, -0.2) is 0 Å². The normalized spacial score (nSPS) is 28.9. The number of nitrogens with zero attached hydrogens (tertiary/aromatic N) is 2. The molecule has 0 radical (unpaired) electrons. The summed E-state index contributed by atoms with van der Waals surface area (Å²) in [6, 6.07) is 0. The number of amides is 2. The van der Waals surface area contributed by atoms with E-state index in [0.717, 1.165) is 0 Å². The summed E-state index contributed by atoms with van der Waals surface area (Å²) >= 11 is 0. The number of allylic oxidation sites excluding steroid dienone is 1. The molecule has 124 valence electrons. The molecular weight excluding hydrogens is 276 g/mol. The van der Waals surface area contributed by atoms with Crippen molar-refractivity contribution in [2.75, 3.05) is 26.2 Å². The standard InChI is InChI=1S/C18H30N2O2/c1-14-6-5-9-18(3,4)16(14)7-8-17(22)20-12-10-19(11-13-20)15(2)21/h7-8,14,16H,5-6,9-13H2,1-4H3/b8-7+/t14-,16+/m0/s1. The Bertz CT molecular complexity index is 448. The lowest BCUT2D eigenvalue weighted by Gasteiger charge is -2.41. The molecule has 0 spiro atoms. The maximum absolute atomic E-state index is 12.4. The first-order chi connectivity index (χ1) is 10.3. The van der Waals surface area contributed by atoms with Crippen molar-refractivity contribution in [3.05, 3.63) is 12.2 Å². The minimum atomic E-state index is 0.0942. The lowest BCUT2D eigenvalue weighted by atomic mass is 9.64. The average molecular weight is 306 g/mol. The molecule has 2 amide bonds. The number of piperazine rings is 1. The molecule has 1 heterocycles. The third-order valence-electron chi connectivity index (χ3n) is 5.48. The van der Waals surface area contributed by atoms with Crippen LogP contribution in [0, 0.1) is 17.3 Å². The van der Waals surface area contributed by atoms with Crippen LogP contribution in [0.5, 0.6) is 0 Å². The van der Waals surface area contributed by atoms with E-state index in [1.807, 2.05) is 4.90 Å². The fraction of sp³-hybridized carbons (Fsp3) is 0.778. The molecular formula is C18H30N2O2. The van der Waals surface area contributed by atoms with E-state index in [9.17, 15) is 9.59 Å². The highest BCUT2D eigenvalue weighted by Gasteiger charge is 2.35. The van der Waals surface area contributed by atoms with E-state index in [1.165, 1.54) is 19.3 Å². The zero-order valence-electron chi connectivity index (χ0n) is 14.5. The van der Waals surface area contributed by atoms with Crippen molar-refractivity contribution < 1.29 is 9.59 Å². The molecule has 2 fully saturated rings. The van der Waals surface area contributed by atoms with E-state index in [1.54, 1.807) is 17.9 Å². The maximum Gasteiger partial charge on any atom is 0.246 e. The molecule has 4 nitrogen and oxygen atoms in total. The van der Waals surface area contributed by atoms with Gasteiger partial charge in [0.1, 0.15) is 0 Å². The van der Waals surface area contributed by atoms with Gasteiger partial charge in [-0.1, -0.05) is 39.7 Å². The van der Waals surface area contributed by atoms with Crippen molar-refractivity contribution in [3.63, 3.8) is 0 Å². The molecule has 2 aliphatic rings. The summed E-state index contributed by atoms with van der Waals surface area (Å²) in [6.45, 7) is 11.1. The second-order valence-electron chi connectivity index (χ2n) is 7.57. The van der Waals surface area contributed by atoms with Gasteiger partial charge in [0, 0.05) is 33.1 Å². The molecule has 1 aliphatic heterocycles. The van der Waals surface area contributed by atoms with E-state index >= 15 is 0 Å². The Balaban J connectivity index is 1.92. The van der Waals surface area contributed by atoms with Crippen molar-refractivity contribution in [2.45, 2.75) is 47.0 Å². The fourth-order valence-corrected chi connectivity index (χ4v) is 3.98. The highest BCUT2D eigenvalue weighted by Crippen LogP contribution is 2.44. The van der Waals surface area contributed by atoms with E-state index < -0.39 is 0 Å². The van der Waals surface area contributed by atoms with Crippen LogP contribution in [0.4, 0.5) is 0 Å². The van der Waals surface area contributed by atoms with Crippen LogP contribution in [0.1, 0.15) is 47.0 Å². The summed E-state index contributed by atoms with van der Waals surface area (Å²) in [6.07, 6.45) is 7.70. The number of rotatable bonds is 2. The summed E-state index contributed by atoms with van der Waals surface area (Å²) in [4.78, 5) is 27.4. The SMILES string of the molecule is CC(=O)N1CCN(C(=O)/C=C/[C@@H]2[C@@H](C)CCCC2(C)C)CC1. The second-order valence-corrected chi connectivity index (χ2v) is 7.57. The quantitative estimate of drug-likeness (QED) is 0.736. The molecule has 2 atom stereocenters. The minimum Gasteiger partial charge on any atom is -0.339 e. The Morgan fingerprint density at radius 2 is 1.68 bits per heavy atom. The highest BCUT2D eigenvalue weighted by atomic mass is 16.2. The number of carbonyl (C=O) groups excluding carboxylic acids is 2. The van der Waals surface area contributed by atoms with Gasteiger partial charge in [0.15, 0.2) is 0 Å². The summed E-state index contributed by atoms with van der Waals surface area (Å²) in [5.74, 6) is 1.31. The maximum atomic E-state index is 12.4. The van der Waals surface area contributed by atoms with Gasteiger partial charge in [0.25, 0.3) is 0 Å². The molecule has 1 aliphatic carbocycles.